The van der Waals surface area contributed by atoms with Crippen LogP contribution < -0.4 is 9.30 Å². The van der Waals surface area contributed by atoms with Crippen molar-refractivity contribution in [3.63, 3.8) is 0 Å². The molecule has 0 aliphatic rings. The molecule has 6 aromatic carbocycles. The third kappa shape index (κ3) is 4.61. The summed E-state index contributed by atoms with van der Waals surface area (Å²) in [5.41, 5.74) is 11.2. The maximum Gasteiger partial charge on any atom is 2.00 e. The Morgan fingerprint density at radius 2 is 1.15 bits per heavy atom. The van der Waals surface area contributed by atoms with Crippen LogP contribution in [0.2, 0.25) is 0 Å². The van der Waals surface area contributed by atoms with Gasteiger partial charge in [-0.05, 0) is 42.0 Å². The van der Waals surface area contributed by atoms with Crippen LogP contribution in [0.1, 0.15) is 5.82 Å². The summed E-state index contributed by atoms with van der Waals surface area (Å²) in [7, 11) is 3.82. The summed E-state index contributed by atoms with van der Waals surface area (Å²) in [5, 5.41) is 4.46. The minimum Gasteiger partial charge on any atom is -0.497 e. The van der Waals surface area contributed by atoms with Gasteiger partial charge in [-0.1, -0.05) is 72.0 Å². The second-order valence-electron chi connectivity index (χ2n) is 12.9. The van der Waals surface area contributed by atoms with Crippen molar-refractivity contribution in [2.45, 2.75) is 6.92 Å². The molecular weight excluding hydrogens is 822 g/mol. The molecule has 0 saturated heterocycles. The van der Waals surface area contributed by atoms with Gasteiger partial charge in [-0.25, -0.2) is 14.1 Å². The van der Waals surface area contributed by atoms with Gasteiger partial charge in [-0.15, -0.1) is 24.3 Å². The molecule has 10 aromatic rings. The van der Waals surface area contributed by atoms with Crippen LogP contribution in [0.5, 0.6) is 5.75 Å². The van der Waals surface area contributed by atoms with E-state index in [1.165, 1.54) is 5.52 Å². The Hall–Kier alpha value is -5.97. The maximum absolute atomic E-state index is 5.65. The predicted molar refractivity (Wildman–Crippen MR) is 205 cm³/mol. The molecule has 0 aliphatic carbocycles. The van der Waals surface area contributed by atoms with E-state index in [4.69, 9.17) is 9.72 Å². The number of aromatic nitrogens is 5. The van der Waals surface area contributed by atoms with Crippen molar-refractivity contribution in [2.24, 2.45) is 7.05 Å². The van der Waals surface area contributed by atoms with Gasteiger partial charge in [0.05, 0.1) is 25.2 Å². The minimum absolute atomic E-state index is 0. The molecular formula is C45H32N5OPt+. The first-order chi connectivity index (χ1) is 25.1. The molecule has 7 heteroatoms. The zero-order chi connectivity index (χ0) is 34.2. The predicted octanol–water partition coefficient (Wildman–Crippen LogP) is 9.63. The Balaban J connectivity index is 0.00000360. The van der Waals surface area contributed by atoms with Gasteiger partial charge in [0.15, 0.2) is 11.0 Å². The van der Waals surface area contributed by atoms with E-state index in [2.05, 4.69) is 160 Å². The van der Waals surface area contributed by atoms with E-state index in [1.807, 2.05) is 24.3 Å². The standard InChI is InChI=1S/C45H32N5O.Pt/c1-29-47(2)39-22-11-12-23-40(39)48(29)32-16-13-17-33(28-32)50-38-21-10-8-19-36(38)43-41(30-24-26-34(51-3)27-25-30)42-35-18-7-9-20-37(35)49(44(42)46-45(43)50)31-14-5-4-6-15-31;/h4-14,16-27H,1-3H3;/q-1;+2. The Labute approximate surface area is 315 Å². The summed E-state index contributed by atoms with van der Waals surface area (Å²) < 4.78 is 14.6. The van der Waals surface area contributed by atoms with Crippen molar-refractivity contribution >= 4 is 54.9 Å². The van der Waals surface area contributed by atoms with Crippen molar-refractivity contribution in [3.05, 3.63) is 157 Å². The van der Waals surface area contributed by atoms with Gasteiger partial charge in [-0.3, -0.25) is 0 Å². The summed E-state index contributed by atoms with van der Waals surface area (Å²) in [6.45, 7) is 2.15. The average Bonchev–Trinajstić information content (AvgIpc) is 3.79. The first-order valence-electron chi connectivity index (χ1n) is 17.1. The number of aryl methyl sites for hydroxylation is 1. The van der Waals surface area contributed by atoms with Crippen LogP contribution >= 0.6 is 0 Å². The smallest absolute Gasteiger partial charge is 0.497 e. The van der Waals surface area contributed by atoms with Crippen LogP contribution in [0.4, 0.5) is 0 Å². The molecule has 0 amide bonds. The van der Waals surface area contributed by atoms with E-state index in [-0.39, 0.29) is 21.1 Å². The monoisotopic (exact) mass is 853 g/mol. The fraction of sp³-hybridized carbons (Fsp3) is 0.0667. The number of pyridine rings is 1. The topological polar surface area (TPSA) is 40.8 Å². The van der Waals surface area contributed by atoms with Crippen molar-refractivity contribution < 1.29 is 30.4 Å². The van der Waals surface area contributed by atoms with Crippen LogP contribution in [0.3, 0.4) is 0 Å². The largest absolute Gasteiger partial charge is 2.00 e. The summed E-state index contributed by atoms with van der Waals surface area (Å²) in [6, 6.07) is 55.9. The van der Waals surface area contributed by atoms with Gasteiger partial charge in [-0.2, -0.15) is 30.3 Å². The van der Waals surface area contributed by atoms with Gasteiger partial charge in [0.1, 0.15) is 17.0 Å². The number of para-hydroxylation sites is 5. The number of hydrogen-bond donors (Lipinski definition) is 0. The van der Waals surface area contributed by atoms with E-state index in [1.54, 1.807) is 7.11 Å². The van der Waals surface area contributed by atoms with Crippen molar-refractivity contribution in [1.29, 1.82) is 0 Å². The number of imidazole rings is 1. The zero-order valence-electron chi connectivity index (χ0n) is 28.7. The number of methoxy groups -OCH3 is 1. The molecule has 4 aromatic heterocycles. The van der Waals surface area contributed by atoms with E-state index < -0.39 is 0 Å². The Morgan fingerprint density at radius 3 is 1.79 bits per heavy atom. The molecule has 0 aliphatic heterocycles. The number of rotatable bonds is 5. The summed E-state index contributed by atoms with van der Waals surface area (Å²) in [6.07, 6.45) is 0. The van der Waals surface area contributed by atoms with E-state index >= 15 is 0 Å². The fourth-order valence-electron chi connectivity index (χ4n) is 7.89. The van der Waals surface area contributed by atoms with E-state index in [0.29, 0.717) is 0 Å². The first-order valence-corrected chi connectivity index (χ1v) is 17.1. The number of benzene rings is 6. The van der Waals surface area contributed by atoms with Crippen LogP contribution in [-0.2, 0) is 28.1 Å². The molecule has 0 bridgehead atoms. The first kappa shape index (κ1) is 32.0. The number of fused-ring (bicyclic) bond motifs is 7. The van der Waals surface area contributed by atoms with Crippen molar-refractivity contribution in [2.75, 3.05) is 7.11 Å². The molecule has 252 valence electrons. The molecule has 52 heavy (non-hydrogen) atoms. The average molecular weight is 854 g/mol. The number of nitrogens with zero attached hydrogens (tertiary/aromatic N) is 5. The molecule has 10 rings (SSSR count). The van der Waals surface area contributed by atoms with E-state index in [0.717, 1.165) is 89.2 Å². The molecule has 0 fully saturated rings. The Bertz CT molecular complexity index is 2970. The fourth-order valence-corrected chi connectivity index (χ4v) is 7.89. The van der Waals surface area contributed by atoms with Crippen LogP contribution in [0.15, 0.2) is 140 Å². The zero-order valence-corrected chi connectivity index (χ0v) is 31.0. The Morgan fingerprint density at radius 1 is 0.596 bits per heavy atom. The second-order valence-corrected chi connectivity index (χ2v) is 12.9. The van der Waals surface area contributed by atoms with Crippen molar-refractivity contribution in [3.8, 4) is 33.9 Å². The van der Waals surface area contributed by atoms with Crippen molar-refractivity contribution in [1.82, 2.24) is 18.7 Å². The normalized spacial score (nSPS) is 11.6. The molecule has 0 spiro atoms. The summed E-state index contributed by atoms with van der Waals surface area (Å²) >= 11 is 0. The minimum atomic E-state index is 0. The molecule has 0 atom stereocenters. The van der Waals surface area contributed by atoms with E-state index in [9.17, 15) is 0 Å². The summed E-state index contributed by atoms with van der Waals surface area (Å²) in [5.74, 6) is 1.94. The second kappa shape index (κ2) is 12.4. The Kier molecular flexibility index (Phi) is 7.60. The van der Waals surface area contributed by atoms with Gasteiger partial charge < -0.3 is 13.9 Å². The van der Waals surface area contributed by atoms with Gasteiger partial charge in [0, 0.05) is 39.7 Å². The van der Waals surface area contributed by atoms with Gasteiger partial charge in [0.2, 0.25) is 0 Å². The molecule has 0 saturated carbocycles. The summed E-state index contributed by atoms with van der Waals surface area (Å²) in [4.78, 5) is 5.65. The number of hydrogen-bond acceptors (Lipinski definition) is 2. The molecule has 6 nitrogen and oxygen atoms in total. The van der Waals surface area contributed by atoms with Crippen LogP contribution in [-0.4, -0.2) is 25.8 Å². The molecule has 0 unspecified atom stereocenters. The van der Waals surface area contributed by atoms with Crippen LogP contribution in [0.25, 0.3) is 83.1 Å². The third-order valence-electron chi connectivity index (χ3n) is 10.3. The van der Waals surface area contributed by atoms with Crippen LogP contribution in [0, 0.1) is 19.1 Å². The molecule has 4 heterocycles. The third-order valence-corrected chi connectivity index (χ3v) is 10.3. The quantitative estimate of drug-likeness (QED) is 0.128. The molecule has 0 N–H and O–H groups in total. The van der Waals surface area contributed by atoms with Gasteiger partial charge >= 0.3 is 21.1 Å². The number of ether oxygens (including phenoxy) is 1. The van der Waals surface area contributed by atoms with Gasteiger partial charge in [0.25, 0.3) is 5.82 Å². The SMILES string of the molecule is COc1ccc(-c2c3c4ccccc4n(-c4[c-]cccc4)c3nc3c2c2ccccc2n3-c2[c-]c(-n3c(C)[n+](C)c4ccccc43)ccc2)cc1.[Pt+2]. The molecule has 0 radical (unpaired) electrons. The maximum atomic E-state index is 5.65.